The highest BCUT2D eigenvalue weighted by molar-refractivity contribution is 6.33. The van der Waals surface area contributed by atoms with Crippen LogP contribution >= 0.6 is 11.6 Å². The van der Waals surface area contributed by atoms with Crippen molar-refractivity contribution in [3.8, 4) is 5.69 Å². The highest BCUT2D eigenvalue weighted by Crippen LogP contribution is 2.34. The minimum atomic E-state index is -0.145. The molecule has 7 heteroatoms. The maximum atomic E-state index is 13.1. The number of hydrogen-bond donors (Lipinski definition) is 1. The molecule has 2 heterocycles. The van der Waals surface area contributed by atoms with Crippen LogP contribution in [0.2, 0.25) is 5.15 Å². The van der Waals surface area contributed by atoms with E-state index in [4.69, 9.17) is 16.3 Å². The first-order chi connectivity index (χ1) is 14.1. The van der Waals surface area contributed by atoms with Crippen LogP contribution in [0.5, 0.6) is 0 Å². The summed E-state index contributed by atoms with van der Waals surface area (Å²) < 4.78 is 7.18. The van der Waals surface area contributed by atoms with Crippen LogP contribution in [-0.2, 0) is 4.74 Å². The first kappa shape index (κ1) is 20.4. The molecule has 2 fully saturated rings. The van der Waals surface area contributed by atoms with Gasteiger partial charge in [0.15, 0.2) is 0 Å². The average molecular weight is 417 g/mol. The summed E-state index contributed by atoms with van der Waals surface area (Å²) in [6, 6.07) is 9.65. The summed E-state index contributed by atoms with van der Waals surface area (Å²) in [6.07, 6.45) is 5.92. The third kappa shape index (κ3) is 4.20. The number of amides is 1. The summed E-state index contributed by atoms with van der Waals surface area (Å²) in [7, 11) is 0. The Morgan fingerprint density at radius 1 is 1.17 bits per heavy atom. The van der Waals surface area contributed by atoms with E-state index < -0.39 is 0 Å². The van der Waals surface area contributed by atoms with E-state index in [1.165, 1.54) is 19.3 Å². The fourth-order valence-electron chi connectivity index (χ4n) is 4.68. The molecule has 1 N–H and O–H groups in total. The van der Waals surface area contributed by atoms with Crippen molar-refractivity contribution in [2.45, 2.75) is 44.6 Å². The molecule has 0 atom stereocenters. The molecular weight excluding hydrogens is 388 g/mol. The van der Waals surface area contributed by atoms with Crippen LogP contribution in [0.4, 0.5) is 0 Å². The second kappa shape index (κ2) is 8.86. The predicted molar refractivity (Wildman–Crippen MR) is 114 cm³/mol. The van der Waals surface area contributed by atoms with E-state index in [0.29, 0.717) is 23.0 Å². The van der Waals surface area contributed by atoms with Gasteiger partial charge in [0.25, 0.3) is 5.91 Å². The highest BCUT2D eigenvalue weighted by Gasteiger charge is 2.39. The minimum absolute atomic E-state index is 0.0213. The number of hydrogen-bond acceptors (Lipinski definition) is 4. The monoisotopic (exact) mass is 416 g/mol. The summed E-state index contributed by atoms with van der Waals surface area (Å²) in [6.45, 7) is 5.87. The van der Waals surface area contributed by atoms with E-state index in [-0.39, 0.29) is 11.4 Å². The lowest BCUT2D eigenvalue weighted by atomic mass is 9.79. The van der Waals surface area contributed by atoms with Crippen molar-refractivity contribution in [3.63, 3.8) is 0 Å². The molecule has 1 aliphatic carbocycles. The summed E-state index contributed by atoms with van der Waals surface area (Å²) in [5.41, 5.74) is 1.97. The van der Waals surface area contributed by atoms with E-state index in [9.17, 15) is 4.79 Å². The summed E-state index contributed by atoms with van der Waals surface area (Å²) in [5, 5.41) is 8.05. The number of nitrogens with zero attached hydrogens (tertiary/aromatic N) is 3. The average Bonchev–Trinajstić information content (AvgIpc) is 3.08. The number of halogens is 1. The summed E-state index contributed by atoms with van der Waals surface area (Å²) >= 11 is 6.58. The Kier molecular flexibility index (Phi) is 6.23. The SMILES string of the molecule is Cc1nn(-c2ccccc2)c(Cl)c1C(=O)NCC1(N2CCOCC2)CCCCC1. The number of rotatable bonds is 5. The van der Waals surface area contributed by atoms with Crippen molar-refractivity contribution in [2.75, 3.05) is 32.8 Å². The number of benzene rings is 1. The maximum absolute atomic E-state index is 13.1. The van der Waals surface area contributed by atoms with Gasteiger partial charge in [0.2, 0.25) is 0 Å². The van der Waals surface area contributed by atoms with Crippen LogP contribution in [0, 0.1) is 6.92 Å². The van der Waals surface area contributed by atoms with Gasteiger partial charge in [-0.05, 0) is 31.9 Å². The molecule has 29 heavy (non-hydrogen) atoms. The normalized spacial score (nSPS) is 19.8. The molecule has 1 aliphatic heterocycles. The quantitative estimate of drug-likeness (QED) is 0.809. The molecule has 2 aromatic rings. The molecule has 0 spiro atoms. The zero-order valence-electron chi connectivity index (χ0n) is 17.0. The molecule has 4 rings (SSSR count). The molecule has 1 saturated heterocycles. The Balaban J connectivity index is 1.52. The summed E-state index contributed by atoms with van der Waals surface area (Å²) in [5.74, 6) is -0.145. The van der Waals surface area contributed by atoms with Crippen LogP contribution in [0.1, 0.15) is 48.2 Å². The van der Waals surface area contributed by atoms with Gasteiger partial charge in [-0.2, -0.15) is 5.10 Å². The van der Waals surface area contributed by atoms with Gasteiger partial charge in [0, 0.05) is 25.2 Å². The predicted octanol–water partition coefficient (Wildman–Crippen LogP) is 3.60. The molecule has 6 nitrogen and oxygen atoms in total. The van der Waals surface area contributed by atoms with E-state index in [1.807, 2.05) is 37.3 Å². The van der Waals surface area contributed by atoms with Gasteiger partial charge in [0.1, 0.15) is 5.15 Å². The lowest BCUT2D eigenvalue weighted by Crippen LogP contribution is -2.59. The van der Waals surface area contributed by atoms with Gasteiger partial charge in [-0.15, -0.1) is 0 Å². The van der Waals surface area contributed by atoms with Crippen molar-refractivity contribution < 1.29 is 9.53 Å². The van der Waals surface area contributed by atoms with Crippen molar-refractivity contribution in [1.82, 2.24) is 20.0 Å². The van der Waals surface area contributed by atoms with Gasteiger partial charge in [-0.25, -0.2) is 4.68 Å². The molecule has 1 aromatic carbocycles. The van der Waals surface area contributed by atoms with Gasteiger partial charge in [0.05, 0.1) is 30.2 Å². The maximum Gasteiger partial charge on any atom is 0.256 e. The largest absolute Gasteiger partial charge is 0.379 e. The van der Waals surface area contributed by atoms with Crippen LogP contribution in [0.3, 0.4) is 0 Å². The first-order valence-electron chi connectivity index (χ1n) is 10.5. The Morgan fingerprint density at radius 2 is 1.86 bits per heavy atom. The van der Waals surface area contributed by atoms with E-state index in [1.54, 1.807) is 4.68 Å². The molecule has 156 valence electrons. The second-order valence-electron chi connectivity index (χ2n) is 8.07. The Morgan fingerprint density at radius 3 is 2.55 bits per heavy atom. The summed E-state index contributed by atoms with van der Waals surface area (Å²) in [4.78, 5) is 15.6. The second-order valence-corrected chi connectivity index (χ2v) is 8.42. The number of morpholine rings is 1. The molecular formula is C22H29ClN4O2. The number of aromatic nitrogens is 2. The fraction of sp³-hybridized carbons (Fsp3) is 0.545. The third-order valence-corrected chi connectivity index (χ3v) is 6.63. The molecule has 1 aromatic heterocycles. The highest BCUT2D eigenvalue weighted by atomic mass is 35.5. The number of aryl methyl sites for hydroxylation is 1. The van der Waals surface area contributed by atoms with Gasteiger partial charge in [-0.3, -0.25) is 9.69 Å². The Labute approximate surface area is 177 Å². The molecule has 0 unspecified atom stereocenters. The number of para-hydroxylation sites is 1. The molecule has 2 aliphatic rings. The Hall–Kier alpha value is -1.89. The standard InChI is InChI=1S/C22H29ClN4O2/c1-17-19(20(23)27(25-17)18-8-4-2-5-9-18)21(28)24-16-22(10-6-3-7-11-22)26-12-14-29-15-13-26/h2,4-5,8-9H,3,6-7,10-16H2,1H3,(H,24,28). The topological polar surface area (TPSA) is 59.4 Å². The van der Waals surface area contributed by atoms with Crippen LogP contribution in [0.25, 0.3) is 5.69 Å². The van der Waals surface area contributed by atoms with E-state index in [2.05, 4.69) is 15.3 Å². The fourth-order valence-corrected chi connectivity index (χ4v) is 5.04. The smallest absolute Gasteiger partial charge is 0.256 e. The molecule has 0 radical (unpaired) electrons. The first-order valence-corrected chi connectivity index (χ1v) is 10.9. The minimum Gasteiger partial charge on any atom is -0.379 e. The third-order valence-electron chi connectivity index (χ3n) is 6.28. The zero-order valence-corrected chi connectivity index (χ0v) is 17.7. The van der Waals surface area contributed by atoms with Crippen molar-refractivity contribution in [1.29, 1.82) is 0 Å². The lowest BCUT2D eigenvalue weighted by Gasteiger charge is -2.48. The van der Waals surface area contributed by atoms with E-state index >= 15 is 0 Å². The lowest BCUT2D eigenvalue weighted by molar-refractivity contribution is -0.0361. The Bertz CT molecular complexity index is 840. The zero-order chi connectivity index (χ0) is 20.3. The van der Waals surface area contributed by atoms with Crippen molar-refractivity contribution in [3.05, 3.63) is 46.7 Å². The van der Waals surface area contributed by atoms with Gasteiger partial charge in [-0.1, -0.05) is 49.1 Å². The molecule has 1 amide bonds. The van der Waals surface area contributed by atoms with Gasteiger partial charge >= 0.3 is 0 Å². The van der Waals surface area contributed by atoms with Crippen LogP contribution in [-0.4, -0.2) is 59.0 Å². The van der Waals surface area contributed by atoms with Crippen LogP contribution < -0.4 is 5.32 Å². The number of nitrogens with one attached hydrogen (secondary N) is 1. The van der Waals surface area contributed by atoms with Crippen molar-refractivity contribution in [2.24, 2.45) is 0 Å². The van der Waals surface area contributed by atoms with E-state index in [0.717, 1.165) is 44.8 Å². The number of ether oxygens (including phenoxy) is 1. The van der Waals surface area contributed by atoms with Crippen LogP contribution in [0.15, 0.2) is 30.3 Å². The number of carbonyl (C=O) groups is 1. The molecule has 0 bridgehead atoms. The number of carbonyl (C=O) groups excluding carboxylic acids is 1. The van der Waals surface area contributed by atoms with Crippen molar-refractivity contribution >= 4 is 17.5 Å². The molecule has 1 saturated carbocycles. The van der Waals surface area contributed by atoms with Gasteiger partial charge < -0.3 is 10.1 Å².